The second-order valence-corrected chi connectivity index (χ2v) is 7.25. The van der Waals surface area contributed by atoms with Gasteiger partial charge in [-0.2, -0.15) is 0 Å². The third-order valence-corrected chi connectivity index (χ3v) is 5.55. The van der Waals surface area contributed by atoms with Crippen LogP contribution < -0.4 is 4.90 Å². The predicted molar refractivity (Wildman–Crippen MR) is 83.8 cm³/mol. The Labute approximate surface area is 129 Å². The maximum absolute atomic E-state index is 6.31. The number of hydrogen-bond donors (Lipinski definition) is 0. The van der Waals surface area contributed by atoms with Gasteiger partial charge >= 0.3 is 0 Å². The Bertz CT molecular complexity index is 442. The molecule has 20 heavy (non-hydrogen) atoms. The molecule has 6 heteroatoms. The minimum atomic E-state index is 0.671. The Morgan fingerprint density at radius 1 is 1.45 bits per heavy atom. The van der Waals surface area contributed by atoms with Gasteiger partial charge in [0.05, 0.1) is 11.5 Å². The van der Waals surface area contributed by atoms with E-state index < -0.39 is 0 Å². The van der Waals surface area contributed by atoms with Gasteiger partial charge in [0.1, 0.15) is 5.15 Å². The topological polar surface area (TPSA) is 28.6 Å². The van der Waals surface area contributed by atoms with Crippen LogP contribution in [0.15, 0.2) is 0 Å². The number of hydrogen-bond acceptors (Lipinski definition) is 5. The van der Waals surface area contributed by atoms with E-state index in [1.807, 2.05) is 0 Å². The normalized spacial score (nSPS) is 23.1. The molecule has 0 N–H and O–H groups in total. The van der Waals surface area contributed by atoms with Crippen LogP contribution in [0.5, 0.6) is 0 Å². The van der Waals surface area contributed by atoms with E-state index in [0.29, 0.717) is 11.1 Å². The second-order valence-electron chi connectivity index (χ2n) is 5.83. The average Bonchev–Trinajstić information content (AvgIpc) is 3.12. The fourth-order valence-electron chi connectivity index (χ4n) is 2.94. The summed E-state index contributed by atoms with van der Waals surface area (Å²) in [7, 11) is 2.16. The Kier molecular flexibility index (Phi) is 4.81. The number of nitrogens with zero attached hydrogens (tertiary/aromatic N) is 3. The van der Waals surface area contributed by atoms with Gasteiger partial charge in [0.15, 0.2) is 5.13 Å². The molecule has 2 saturated heterocycles. The SMILES string of the molecule is CN(Cc1sc(N2CCCC2)nc1Cl)CC1CCOC1. The van der Waals surface area contributed by atoms with Crippen molar-refractivity contribution in [2.24, 2.45) is 5.92 Å². The van der Waals surface area contributed by atoms with Crippen LogP contribution in [0.3, 0.4) is 0 Å². The van der Waals surface area contributed by atoms with Crippen LogP contribution in [0.2, 0.25) is 5.15 Å². The van der Waals surface area contributed by atoms with Gasteiger partial charge < -0.3 is 14.5 Å². The zero-order chi connectivity index (χ0) is 13.9. The standard InChI is InChI=1S/C14H22ClN3OS/c1-17(8-11-4-7-19-10-11)9-12-13(15)16-14(20-12)18-5-2-3-6-18/h11H,2-10H2,1H3. The van der Waals surface area contributed by atoms with Crippen LogP contribution in [0.25, 0.3) is 0 Å². The number of ether oxygens (including phenoxy) is 1. The zero-order valence-electron chi connectivity index (χ0n) is 12.0. The molecule has 0 amide bonds. The van der Waals surface area contributed by atoms with Gasteiger partial charge in [-0.3, -0.25) is 0 Å². The fourth-order valence-corrected chi connectivity index (χ4v) is 4.33. The van der Waals surface area contributed by atoms with Crippen molar-refractivity contribution in [3.8, 4) is 0 Å². The summed E-state index contributed by atoms with van der Waals surface area (Å²) in [6.07, 6.45) is 3.72. The predicted octanol–water partition coefficient (Wildman–Crippen LogP) is 2.87. The molecule has 0 aliphatic carbocycles. The number of rotatable bonds is 5. The van der Waals surface area contributed by atoms with Gasteiger partial charge in [0.2, 0.25) is 0 Å². The lowest BCUT2D eigenvalue weighted by atomic mass is 10.1. The summed E-state index contributed by atoms with van der Waals surface area (Å²) in [6.45, 7) is 6.03. The Morgan fingerprint density at radius 3 is 2.95 bits per heavy atom. The summed E-state index contributed by atoms with van der Waals surface area (Å²) in [4.78, 5) is 10.4. The summed E-state index contributed by atoms with van der Waals surface area (Å²) in [5, 5.41) is 1.78. The molecule has 0 radical (unpaired) electrons. The first-order chi connectivity index (χ1) is 9.72. The van der Waals surface area contributed by atoms with E-state index in [0.717, 1.165) is 44.5 Å². The number of aromatic nitrogens is 1. The first-order valence-electron chi connectivity index (χ1n) is 7.39. The van der Waals surface area contributed by atoms with E-state index in [9.17, 15) is 0 Å². The molecular weight excluding hydrogens is 294 g/mol. The molecule has 2 aliphatic heterocycles. The Hall–Kier alpha value is -0.360. The summed E-state index contributed by atoms with van der Waals surface area (Å²) >= 11 is 8.06. The van der Waals surface area contributed by atoms with E-state index in [4.69, 9.17) is 16.3 Å². The van der Waals surface area contributed by atoms with Crippen molar-refractivity contribution in [1.82, 2.24) is 9.88 Å². The van der Waals surface area contributed by atoms with E-state index in [1.165, 1.54) is 24.1 Å². The molecule has 1 aromatic rings. The van der Waals surface area contributed by atoms with E-state index in [2.05, 4.69) is 21.8 Å². The van der Waals surface area contributed by atoms with E-state index in [1.54, 1.807) is 11.3 Å². The first-order valence-corrected chi connectivity index (χ1v) is 8.58. The maximum Gasteiger partial charge on any atom is 0.187 e. The highest BCUT2D eigenvalue weighted by atomic mass is 35.5. The Morgan fingerprint density at radius 2 is 2.25 bits per heavy atom. The van der Waals surface area contributed by atoms with Crippen LogP contribution >= 0.6 is 22.9 Å². The lowest BCUT2D eigenvalue weighted by molar-refractivity contribution is 0.173. The van der Waals surface area contributed by atoms with Crippen LogP contribution in [-0.4, -0.2) is 49.8 Å². The van der Waals surface area contributed by atoms with Gasteiger partial charge in [-0.05, 0) is 32.2 Å². The lowest BCUT2D eigenvalue weighted by Gasteiger charge is -2.19. The smallest absolute Gasteiger partial charge is 0.187 e. The number of halogens is 1. The maximum atomic E-state index is 6.31. The third kappa shape index (κ3) is 3.45. The molecule has 0 bridgehead atoms. The molecule has 3 rings (SSSR count). The van der Waals surface area contributed by atoms with Crippen molar-refractivity contribution >= 4 is 28.1 Å². The quantitative estimate of drug-likeness (QED) is 0.835. The largest absolute Gasteiger partial charge is 0.381 e. The van der Waals surface area contributed by atoms with Crippen LogP contribution in [-0.2, 0) is 11.3 Å². The highest BCUT2D eigenvalue weighted by Gasteiger charge is 2.21. The number of thiazole rings is 1. The van der Waals surface area contributed by atoms with Crippen LogP contribution in [0.1, 0.15) is 24.1 Å². The molecule has 2 aliphatic rings. The van der Waals surface area contributed by atoms with Gasteiger partial charge in [0.25, 0.3) is 0 Å². The molecule has 1 atom stereocenters. The van der Waals surface area contributed by atoms with Crippen LogP contribution in [0.4, 0.5) is 5.13 Å². The molecule has 1 aromatic heterocycles. The average molecular weight is 316 g/mol. The summed E-state index contributed by atoms with van der Waals surface area (Å²) in [5.41, 5.74) is 0. The molecule has 0 aromatic carbocycles. The zero-order valence-corrected chi connectivity index (χ0v) is 13.5. The molecule has 0 saturated carbocycles. The van der Waals surface area contributed by atoms with Crippen molar-refractivity contribution in [3.05, 3.63) is 10.0 Å². The Balaban J connectivity index is 1.58. The fraction of sp³-hybridized carbons (Fsp3) is 0.786. The lowest BCUT2D eigenvalue weighted by Crippen LogP contribution is -2.25. The van der Waals surface area contributed by atoms with E-state index >= 15 is 0 Å². The van der Waals surface area contributed by atoms with Crippen molar-refractivity contribution in [3.63, 3.8) is 0 Å². The number of anilines is 1. The molecule has 0 spiro atoms. The summed E-state index contributed by atoms with van der Waals surface area (Å²) < 4.78 is 5.43. The van der Waals surface area contributed by atoms with Crippen LogP contribution in [0, 0.1) is 5.92 Å². The molecule has 4 nitrogen and oxygen atoms in total. The molecule has 112 valence electrons. The molecule has 2 fully saturated rings. The summed E-state index contributed by atoms with van der Waals surface area (Å²) in [6, 6.07) is 0. The monoisotopic (exact) mass is 315 g/mol. The van der Waals surface area contributed by atoms with Gasteiger partial charge in [-0.25, -0.2) is 4.98 Å². The summed E-state index contributed by atoms with van der Waals surface area (Å²) in [5.74, 6) is 0.671. The van der Waals surface area contributed by atoms with Crippen molar-refractivity contribution < 1.29 is 4.74 Å². The minimum Gasteiger partial charge on any atom is -0.381 e. The second kappa shape index (κ2) is 6.60. The minimum absolute atomic E-state index is 0.671. The first kappa shape index (κ1) is 14.6. The molecule has 3 heterocycles. The van der Waals surface area contributed by atoms with Gasteiger partial charge in [-0.1, -0.05) is 22.9 Å². The van der Waals surface area contributed by atoms with Gasteiger partial charge in [0, 0.05) is 32.8 Å². The van der Waals surface area contributed by atoms with Gasteiger partial charge in [-0.15, -0.1) is 0 Å². The van der Waals surface area contributed by atoms with Crippen molar-refractivity contribution in [2.75, 3.05) is 44.8 Å². The highest BCUT2D eigenvalue weighted by molar-refractivity contribution is 7.16. The third-order valence-electron chi connectivity index (χ3n) is 4.02. The van der Waals surface area contributed by atoms with Crippen molar-refractivity contribution in [2.45, 2.75) is 25.8 Å². The molecular formula is C14H22ClN3OS. The highest BCUT2D eigenvalue weighted by Crippen LogP contribution is 2.32. The van der Waals surface area contributed by atoms with E-state index in [-0.39, 0.29) is 0 Å². The molecule has 1 unspecified atom stereocenters. The van der Waals surface area contributed by atoms with Crippen molar-refractivity contribution in [1.29, 1.82) is 0 Å².